The molecule has 1 aromatic rings. The normalized spacial score (nSPS) is 11.5. The van der Waals surface area contributed by atoms with E-state index in [0.29, 0.717) is 6.42 Å². The first-order valence-corrected chi connectivity index (χ1v) is 7.87. The van der Waals surface area contributed by atoms with Gasteiger partial charge in [0.2, 0.25) is 11.8 Å². The zero-order chi connectivity index (χ0) is 17.1. The molecule has 3 N–H and O–H groups in total. The number of carboxylic acid groups (broad SMARTS) is 1. The van der Waals surface area contributed by atoms with Crippen LogP contribution in [0.3, 0.4) is 0 Å². The Morgan fingerprint density at radius 1 is 1.04 bits per heavy atom. The van der Waals surface area contributed by atoms with E-state index >= 15 is 0 Å². The molecular formula is C17H24N2O4. The minimum absolute atomic E-state index is 0.0757. The van der Waals surface area contributed by atoms with Crippen LogP contribution in [0.2, 0.25) is 0 Å². The van der Waals surface area contributed by atoms with E-state index in [1.54, 1.807) is 0 Å². The van der Waals surface area contributed by atoms with Gasteiger partial charge in [-0.1, -0.05) is 50.1 Å². The molecule has 1 aromatic carbocycles. The fourth-order valence-electron chi connectivity index (χ4n) is 2.17. The molecule has 1 rings (SSSR count). The zero-order valence-corrected chi connectivity index (χ0v) is 13.4. The molecule has 1 atom stereocenters. The van der Waals surface area contributed by atoms with Crippen molar-refractivity contribution >= 4 is 17.8 Å². The Hall–Kier alpha value is -2.37. The number of hydrazine groups is 1. The Morgan fingerprint density at radius 2 is 1.70 bits per heavy atom. The van der Waals surface area contributed by atoms with Crippen molar-refractivity contribution in [1.82, 2.24) is 10.9 Å². The average Bonchev–Trinajstić information content (AvgIpc) is 2.53. The van der Waals surface area contributed by atoms with Crippen molar-refractivity contribution in [2.24, 2.45) is 5.92 Å². The molecule has 0 saturated carbocycles. The number of aliphatic carboxylic acids is 1. The summed E-state index contributed by atoms with van der Waals surface area (Å²) in [6.45, 7) is 1.99. The van der Waals surface area contributed by atoms with E-state index in [0.717, 1.165) is 18.4 Å². The van der Waals surface area contributed by atoms with Gasteiger partial charge in [-0.15, -0.1) is 0 Å². The van der Waals surface area contributed by atoms with Gasteiger partial charge in [0, 0.05) is 6.42 Å². The Morgan fingerprint density at radius 3 is 2.30 bits per heavy atom. The van der Waals surface area contributed by atoms with Gasteiger partial charge < -0.3 is 5.11 Å². The predicted octanol–water partition coefficient (Wildman–Crippen LogP) is 2.05. The van der Waals surface area contributed by atoms with Crippen LogP contribution in [-0.4, -0.2) is 22.9 Å². The van der Waals surface area contributed by atoms with Crippen LogP contribution >= 0.6 is 0 Å². The van der Waals surface area contributed by atoms with Crippen LogP contribution in [0.15, 0.2) is 30.3 Å². The zero-order valence-electron chi connectivity index (χ0n) is 13.4. The van der Waals surface area contributed by atoms with E-state index in [9.17, 15) is 14.4 Å². The van der Waals surface area contributed by atoms with E-state index in [4.69, 9.17) is 5.11 Å². The summed E-state index contributed by atoms with van der Waals surface area (Å²) in [5, 5.41) is 9.09. The van der Waals surface area contributed by atoms with E-state index in [-0.39, 0.29) is 31.1 Å². The SMILES string of the molecule is CCCC[C@@H](CCC(=O)NNC(=O)Cc1ccccc1)C(=O)O. The lowest BCUT2D eigenvalue weighted by Gasteiger charge is -2.12. The van der Waals surface area contributed by atoms with E-state index in [1.165, 1.54) is 0 Å². The molecule has 2 amide bonds. The molecular weight excluding hydrogens is 296 g/mol. The third-order valence-corrected chi connectivity index (χ3v) is 3.52. The third kappa shape index (κ3) is 7.99. The number of carboxylic acids is 1. The van der Waals surface area contributed by atoms with Gasteiger partial charge in [-0.3, -0.25) is 25.2 Å². The smallest absolute Gasteiger partial charge is 0.306 e. The molecule has 0 aliphatic carbocycles. The van der Waals surface area contributed by atoms with Crippen LogP contribution in [0.25, 0.3) is 0 Å². The molecule has 0 fully saturated rings. The van der Waals surface area contributed by atoms with Gasteiger partial charge in [-0.25, -0.2) is 0 Å². The maximum Gasteiger partial charge on any atom is 0.306 e. The molecule has 0 aliphatic heterocycles. The number of amides is 2. The molecule has 6 heteroatoms. The van der Waals surface area contributed by atoms with Gasteiger partial charge in [0.25, 0.3) is 0 Å². The first kappa shape index (κ1) is 18.7. The second-order valence-electron chi connectivity index (χ2n) is 5.47. The fourth-order valence-corrected chi connectivity index (χ4v) is 2.17. The molecule has 0 heterocycles. The van der Waals surface area contributed by atoms with Gasteiger partial charge in [0.1, 0.15) is 0 Å². The largest absolute Gasteiger partial charge is 0.481 e. The van der Waals surface area contributed by atoms with Crippen LogP contribution in [-0.2, 0) is 20.8 Å². The highest BCUT2D eigenvalue weighted by Gasteiger charge is 2.18. The third-order valence-electron chi connectivity index (χ3n) is 3.52. The van der Waals surface area contributed by atoms with Crippen molar-refractivity contribution in [2.75, 3.05) is 0 Å². The lowest BCUT2D eigenvalue weighted by atomic mass is 9.97. The first-order chi connectivity index (χ1) is 11.0. The van der Waals surface area contributed by atoms with Crippen LogP contribution in [0.4, 0.5) is 0 Å². The van der Waals surface area contributed by atoms with E-state index in [1.807, 2.05) is 37.3 Å². The summed E-state index contributed by atoms with van der Waals surface area (Å²) in [5.41, 5.74) is 5.51. The number of carbonyl (C=O) groups is 3. The molecule has 6 nitrogen and oxygen atoms in total. The lowest BCUT2D eigenvalue weighted by molar-refractivity contribution is -0.142. The Balaban J connectivity index is 2.27. The molecule has 0 bridgehead atoms. The summed E-state index contributed by atoms with van der Waals surface area (Å²) in [6.07, 6.45) is 2.84. The highest BCUT2D eigenvalue weighted by Crippen LogP contribution is 2.15. The monoisotopic (exact) mass is 320 g/mol. The van der Waals surface area contributed by atoms with Gasteiger partial charge in [0.15, 0.2) is 0 Å². The number of nitrogens with one attached hydrogen (secondary N) is 2. The molecule has 126 valence electrons. The minimum Gasteiger partial charge on any atom is -0.481 e. The second-order valence-corrected chi connectivity index (χ2v) is 5.47. The number of unbranched alkanes of at least 4 members (excludes halogenated alkanes) is 1. The second kappa shape index (κ2) is 10.4. The number of benzene rings is 1. The highest BCUT2D eigenvalue weighted by molar-refractivity contribution is 5.83. The topological polar surface area (TPSA) is 95.5 Å². The summed E-state index contributed by atoms with van der Waals surface area (Å²) in [5.74, 6) is -2.08. The Labute approximate surface area is 136 Å². The maximum atomic E-state index is 11.7. The number of hydrogen-bond acceptors (Lipinski definition) is 3. The van der Waals surface area contributed by atoms with Crippen molar-refractivity contribution in [2.45, 2.75) is 45.4 Å². The van der Waals surface area contributed by atoms with Crippen molar-refractivity contribution in [1.29, 1.82) is 0 Å². The molecule has 0 spiro atoms. The van der Waals surface area contributed by atoms with E-state index in [2.05, 4.69) is 10.9 Å². The van der Waals surface area contributed by atoms with Gasteiger partial charge in [-0.05, 0) is 18.4 Å². The number of rotatable bonds is 9. The van der Waals surface area contributed by atoms with Crippen molar-refractivity contribution < 1.29 is 19.5 Å². The van der Waals surface area contributed by atoms with Gasteiger partial charge >= 0.3 is 5.97 Å². The molecule has 0 aromatic heterocycles. The molecule has 0 radical (unpaired) electrons. The Kier molecular flexibility index (Phi) is 8.42. The van der Waals surface area contributed by atoms with Gasteiger partial charge in [0.05, 0.1) is 12.3 Å². The quantitative estimate of drug-likeness (QED) is 0.607. The minimum atomic E-state index is -0.876. The summed E-state index contributed by atoms with van der Waals surface area (Å²) < 4.78 is 0. The summed E-state index contributed by atoms with van der Waals surface area (Å²) in [4.78, 5) is 34.5. The average molecular weight is 320 g/mol. The fraction of sp³-hybridized carbons (Fsp3) is 0.471. The van der Waals surface area contributed by atoms with Crippen molar-refractivity contribution in [3.05, 3.63) is 35.9 Å². The van der Waals surface area contributed by atoms with Crippen LogP contribution in [0, 0.1) is 5.92 Å². The molecule has 0 saturated heterocycles. The summed E-state index contributed by atoms with van der Waals surface area (Å²) >= 11 is 0. The van der Waals surface area contributed by atoms with Crippen LogP contribution in [0.5, 0.6) is 0 Å². The molecule has 0 unspecified atom stereocenters. The summed E-state index contributed by atoms with van der Waals surface area (Å²) in [6, 6.07) is 9.19. The Bertz CT molecular complexity index is 517. The van der Waals surface area contributed by atoms with Crippen molar-refractivity contribution in [3.63, 3.8) is 0 Å². The molecule has 0 aliphatic rings. The van der Waals surface area contributed by atoms with Crippen molar-refractivity contribution in [3.8, 4) is 0 Å². The predicted molar refractivity (Wildman–Crippen MR) is 86.3 cm³/mol. The number of hydrogen-bond donors (Lipinski definition) is 3. The molecule has 23 heavy (non-hydrogen) atoms. The standard InChI is InChI=1S/C17H24N2O4/c1-2-3-9-14(17(22)23)10-11-15(20)18-19-16(21)12-13-7-5-4-6-8-13/h4-8,14H,2-3,9-12H2,1H3,(H,18,20)(H,19,21)(H,22,23)/t14-/m0/s1. The maximum absolute atomic E-state index is 11.7. The van der Waals surface area contributed by atoms with Crippen LogP contribution in [0.1, 0.15) is 44.6 Å². The lowest BCUT2D eigenvalue weighted by Crippen LogP contribution is -2.42. The van der Waals surface area contributed by atoms with Crippen LogP contribution < -0.4 is 10.9 Å². The van der Waals surface area contributed by atoms with E-state index < -0.39 is 11.9 Å². The highest BCUT2D eigenvalue weighted by atomic mass is 16.4. The number of carbonyl (C=O) groups excluding carboxylic acids is 2. The first-order valence-electron chi connectivity index (χ1n) is 7.87. The van der Waals surface area contributed by atoms with Gasteiger partial charge in [-0.2, -0.15) is 0 Å². The summed E-state index contributed by atoms with van der Waals surface area (Å²) in [7, 11) is 0.